The van der Waals surface area contributed by atoms with Crippen molar-refractivity contribution in [2.24, 2.45) is 5.92 Å². The monoisotopic (exact) mass is 347 g/mol. The summed E-state index contributed by atoms with van der Waals surface area (Å²) in [5.41, 5.74) is 1.80. The molecule has 0 spiro atoms. The van der Waals surface area contributed by atoms with Crippen molar-refractivity contribution in [3.8, 4) is 0 Å². The molecule has 3 heterocycles. The van der Waals surface area contributed by atoms with E-state index in [1.165, 1.54) is 0 Å². The summed E-state index contributed by atoms with van der Waals surface area (Å²) in [7, 11) is 0. The SMILES string of the molecule is O=C(NCc1ccccn1)C1CCCN(c2ncnc3ccccc23)C1. The summed E-state index contributed by atoms with van der Waals surface area (Å²) in [5.74, 6) is 0.956. The minimum atomic E-state index is -0.0406. The smallest absolute Gasteiger partial charge is 0.225 e. The number of nitrogens with one attached hydrogen (secondary N) is 1. The number of pyridine rings is 1. The van der Waals surface area contributed by atoms with E-state index in [0.29, 0.717) is 13.1 Å². The molecule has 0 radical (unpaired) electrons. The summed E-state index contributed by atoms with van der Waals surface area (Å²) in [6.45, 7) is 2.05. The first-order chi connectivity index (χ1) is 12.8. The molecule has 4 rings (SSSR count). The van der Waals surface area contributed by atoms with E-state index in [0.717, 1.165) is 41.8 Å². The van der Waals surface area contributed by atoms with Crippen molar-refractivity contribution in [2.45, 2.75) is 19.4 Å². The maximum atomic E-state index is 12.6. The summed E-state index contributed by atoms with van der Waals surface area (Å²) in [4.78, 5) is 27.9. The van der Waals surface area contributed by atoms with Crippen molar-refractivity contribution in [3.63, 3.8) is 0 Å². The topological polar surface area (TPSA) is 71.0 Å². The van der Waals surface area contributed by atoms with Gasteiger partial charge in [0.2, 0.25) is 5.91 Å². The van der Waals surface area contributed by atoms with Crippen molar-refractivity contribution in [3.05, 3.63) is 60.7 Å². The predicted octanol–water partition coefficient (Wildman–Crippen LogP) is 2.56. The number of fused-ring (bicyclic) bond motifs is 1. The number of anilines is 1. The number of carbonyl (C=O) groups is 1. The molecular weight excluding hydrogens is 326 g/mol. The van der Waals surface area contributed by atoms with Crippen LogP contribution in [0.1, 0.15) is 18.5 Å². The number of hydrogen-bond acceptors (Lipinski definition) is 5. The van der Waals surface area contributed by atoms with Crippen molar-refractivity contribution >= 4 is 22.6 Å². The normalized spacial score (nSPS) is 17.2. The summed E-state index contributed by atoms with van der Waals surface area (Å²) in [6.07, 6.45) is 5.21. The van der Waals surface area contributed by atoms with E-state index in [-0.39, 0.29) is 11.8 Å². The molecule has 1 unspecified atom stereocenters. The molecule has 0 aliphatic carbocycles. The van der Waals surface area contributed by atoms with Gasteiger partial charge in [-0.2, -0.15) is 0 Å². The van der Waals surface area contributed by atoms with Gasteiger partial charge >= 0.3 is 0 Å². The highest BCUT2D eigenvalue weighted by molar-refractivity contribution is 5.89. The number of carbonyl (C=O) groups excluding carboxylic acids is 1. The standard InChI is InChI=1S/C20H21N5O/c26-20(22-12-16-7-3-4-10-21-16)15-6-5-11-25(13-15)19-17-8-1-2-9-18(17)23-14-24-19/h1-4,7-10,14-15H,5-6,11-13H2,(H,22,26). The first kappa shape index (κ1) is 16.4. The van der Waals surface area contributed by atoms with Gasteiger partial charge in [-0.25, -0.2) is 9.97 Å². The third-order valence-corrected chi connectivity index (χ3v) is 4.78. The van der Waals surface area contributed by atoms with E-state index in [1.807, 2.05) is 42.5 Å². The zero-order valence-corrected chi connectivity index (χ0v) is 14.5. The van der Waals surface area contributed by atoms with Crippen LogP contribution in [0.4, 0.5) is 5.82 Å². The maximum absolute atomic E-state index is 12.6. The number of hydrogen-bond donors (Lipinski definition) is 1. The molecule has 1 aliphatic heterocycles. The van der Waals surface area contributed by atoms with Crippen LogP contribution in [0.5, 0.6) is 0 Å². The molecule has 1 fully saturated rings. The van der Waals surface area contributed by atoms with Crippen LogP contribution in [0.3, 0.4) is 0 Å². The number of benzene rings is 1. The summed E-state index contributed by atoms with van der Waals surface area (Å²) in [5, 5.41) is 4.05. The Morgan fingerprint density at radius 3 is 2.88 bits per heavy atom. The van der Waals surface area contributed by atoms with Crippen LogP contribution in [0, 0.1) is 5.92 Å². The summed E-state index contributed by atoms with van der Waals surface area (Å²) < 4.78 is 0. The minimum absolute atomic E-state index is 0.0406. The fourth-order valence-electron chi connectivity index (χ4n) is 3.45. The zero-order chi connectivity index (χ0) is 17.8. The van der Waals surface area contributed by atoms with Gasteiger partial charge in [0.25, 0.3) is 0 Å². The second kappa shape index (κ2) is 7.47. The van der Waals surface area contributed by atoms with E-state index < -0.39 is 0 Å². The molecule has 1 aromatic carbocycles. The van der Waals surface area contributed by atoms with E-state index in [1.54, 1.807) is 12.5 Å². The van der Waals surface area contributed by atoms with Crippen LogP contribution in [-0.4, -0.2) is 33.9 Å². The molecule has 6 nitrogen and oxygen atoms in total. The lowest BCUT2D eigenvalue weighted by Gasteiger charge is -2.33. The average molecular weight is 347 g/mol. The van der Waals surface area contributed by atoms with Gasteiger partial charge < -0.3 is 10.2 Å². The number of piperidine rings is 1. The van der Waals surface area contributed by atoms with Crippen LogP contribution < -0.4 is 10.2 Å². The van der Waals surface area contributed by atoms with Crippen LogP contribution >= 0.6 is 0 Å². The Bertz CT molecular complexity index is 894. The van der Waals surface area contributed by atoms with Gasteiger partial charge in [0, 0.05) is 24.7 Å². The maximum Gasteiger partial charge on any atom is 0.225 e. The van der Waals surface area contributed by atoms with Crippen molar-refractivity contribution in [2.75, 3.05) is 18.0 Å². The second-order valence-corrected chi connectivity index (χ2v) is 6.54. The van der Waals surface area contributed by atoms with Crippen molar-refractivity contribution in [1.82, 2.24) is 20.3 Å². The Morgan fingerprint density at radius 1 is 1.12 bits per heavy atom. The van der Waals surface area contributed by atoms with Gasteiger partial charge in [0.05, 0.1) is 23.7 Å². The first-order valence-electron chi connectivity index (χ1n) is 8.93. The number of nitrogens with zero attached hydrogens (tertiary/aromatic N) is 4. The molecule has 2 aromatic heterocycles. The number of para-hydroxylation sites is 1. The van der Waals surface area contributed by atoms with Gasteiger partial charge in [-0.3, -0.25) is 9.78 Å². The highest BCUT2D eigenvalue weighted by Gasteiger charge is 2.27. The van der Waals surface area contributed by atoms with Crippen LogP contribution in [0.25, 0.3) is 10.9 Å². The summed E-state index contributed by atoms with van der Waals surface area (Å²) >= 11 is 0. The van der Waals surface area contributed by atoms with Gasteiger partial charge in [-0.15, -0.1) is 0 Å². The fourth-order valence-corrected chi connectivity index (χ4v) is 3.45. The van der Waals surface area contributed by atoms with E-state index in [9.17, 15) is 4.79 Å². The Morgan fingerprint density at radius 2 is 2.00 bits per heavy atom. The molecule has 0 saturated carbocycles. The average Bonchev–Trinajstić information content (AvgIpc) is 2.72. The predicted molar refractivity (Wildman–Crippen MR) is 101 cm³/mol. The Hall–Kier alpha value is -3.02. The second-order valence-electron chi connectivity index (χ2n) is 6.54. The van der Waals surface area contributed by atoms with Crippen molar-refractivity contribution < 1.29 is 4.79 Å². The van der Waals surface area contributed by atoms with Gasteiger partial charge in [-0.05, 0) is 37.1 Å². The third kappa shape index (κ3) is 3.49. The molecule has 26 heavy (non-hydrogen) atoms. The lowest BCUT2D eigenvalue weighted by molar-refractivity contribution is -0.125. The molecule has 1 atom stereocenters. The molecule has 0 bridgehead atoms. The first-order valence-corrected chi connectivity index (χ1v) is 8.93. The van der Waals surface area contributed by atoms with E-state index in [2.05, 4.69) is 25.2 Å². The minimum Gasteiger partial charge on any atom is -0.355 e. The van der Waals surface area contributed by atoms with E-state index >= 15 is 0 Å². The lowest BCUT2D eigenvalue weighted by atomic mass is 9.96. The van der Waals surface area contributed by atoms with Gasteiger partial charge in [0.15, 0.2) is 0 Å². The zero-order valence-electron chi connectivity index (χ0n) is 14.5. The highest BCUT2D eigenvalue weighted by Crippen LogP contribution is 2.27. The molecule has 1 N–H and O–H groups in total. The number of aromatic nitrogens is 3. The third-order valence-electron chi connectivity index (χ3n) is 4.78. The molecule has 132 valence electrons. The molecule has 1 amide bonds. The van der Waals surface area contributed by atoms with E-state index in [4.69, 9.17) is 0 Å². The molecular formula is C20H21N5O. The van der Waals surface area contributed by atoms with Crippen LogP contribution in [0.15, 0.2) is 55.0 Å². The fraction of sp³-hybridized carbons (Fsp3) is 0.300. The molecule has 1 aliphatic rings. The number of rotatable bonds is 4. The lowest BCUT2D eigenvalue weighted by Crippen LogP contribution is -2.43. The van der Waals surface area contributed by atoms with Crippen LogP contribution in [-0.2, 0) is 11.3 Å². The van der Waals surface area contributed by atoms with Gasteiger partial charge in [0.1, 0.15) is 12.1 Å². The molecule has 3 aromatic rings. The Labute approximate surface area is 152 Å². The quantitative estimate of drug-likeness (QED) is 0.785. The van der Waals surface area contributed by atoms with Crippen molar-refractivity contribution in [1.29, 1.82) is 0 Å². The Kier molecular flexibility index (Phi) is 4.73. The summed E-state index contributed by atoms with van der Waals surface area (Å²) in [6, 6.07) is 13.7. The number of amides is 1. The largest absolute Gasteiger partial charge is 0.355 e. The van der Waals surface area contributed by atoms with Gasteiger partial charge in [-0.1, -0.05) is 18.2 Å². The Balaban J connectivity index is 1.46. The molecule has 1 saturated heterocycles. The highest BCUT2D eigenvalue weighted by atomic mass is 16.1. The molecule has 6 heteroatoms. The van der Waals surface area contributed by atoms with Crippen LogP contribution in [0.2, 0.25) is 0 Å².